The molecule has 0 spiro atoms. The van der Waals surface area contributed by atoms with Crippen molar-refractivity contribution in [3.05, 3.63) is 0 Å². The fourth-order valence-corrected chi connectivity index (χ4v) is 3.39. The fourth-order valence-electron chi connectivity index (χ4n) is 3.39. The average Bonchev–Trinajstić information content (AvgIpc) is 2.73. The van der Waals surface area contributed by atoms with E-state index in [2.05, 4.69) is 16.8 Å². The van der Waals surface area contributed by atoms with Gasteiger partial charge in [-0.05, 0) is 65.3 Å². The molecule has 2 saturated heterocycles. The Morgan fingerprint density at radius 1 is 1.12 bits per heavy atom. The van der Waals surface area contributed by atoms with Crippen molar-refractivity contribution in [1.29, 1.82) is 0 Å². The first-order valence-corrected chi connectivity index (χ1v) is 6.78. The normalized spacial score (nSPS) is 32.5. The summed E-state index contributed by atoms with van der Waals surface area (Å²) in [5, 5.41) is 9.21. The minimum absolute atomic E-state index is 0.0624. The van der Waals surface area contributed by atoms with E-state index in [1.165, 1.54) is 12.8 Å². The number of likely N-dealkylation sites (tertiary alicyclic amines) is 2. The predicted octanol–water partition coefficient (Wildman–Crippen LogP) is 1.41. The average molecular weight is 240 g/mol. The van der Waals surface area contributed by atoms with Crippen molar-refractivity contribution >= 4 is 5.97 Å². The van der Waals surface area contributed by atoms with E-state index in [0.29, 0.717) is 6.42 Å². The summed E-state index contributed by atoms with van der Waals surface area (Å²) in [5.41, 5.74) is -0.0624. The van der Waals surface area contributed by atoms with E-state index in [1.54, 1.807) is 0 Å². The fraction of sp³-hybridized carbons (Fsp3) is 0.923. The van der Waals surface area contributed by atoms with Crippen molar-refractivity contribution in [3.63, 3.8) is 0 Å². The second-order valence-electron chi connectivity index (χ2n) is 5.65. The minimum Gasteiger partial charge on any atom is -0.481 e. The third-order valence-corrected chi connectivity index (χ3v) is 4.40. The van der Waals surface area contributed by atoms with Crippen LogP contribution in [0.2, 0.25) is 0 Å². The lowest BCUT2D eigenvalue weighted by atomic mass is 9.85. The lowest BCUT2D eigenvalue weighted by Crippen LogP contribution is -2.49. The van der Waals surface area contributed by atoms with E-state index in [4.69, 9.17) is 0 Å². The Hall–Kier alpha value is -0.610. The van der Waals surface area contributed by atoms with Crippen molar-refractivity contribution in [2.45, 2.75) is 44.1 Å². The highest BCUT2D eigenvalue weighted by molar-refractivity contribution is 5.68. The first-order chi connectivity index (χ1) is 8.12. The van der Waals surface area contributed by atoms with Crippen LogP contribution in [0.1, 0.15) is 38.5 Å². The van der Waals surface area contributed by atoms with E-state index >= 15 is 0 Å². The number of hydrogen-bond acceptors (Lipinski definition) is 3. The molecular weight excluding hydrogens is 216 g/mol. The van der Waals surface area contributed by atoms with Crippen LogP contribution in [0.4, 0.5) is 0 Å². The standard InChI is InChI=1S/C13H24N2O2/c1-14-7-4-5-13(6-10-14,11-12(16)17)15-8-2-3-9-15/h2-11H2,1H3,(H,16,17). The summed E-state index contributed by atoms with van der Waals surface area (Å²) in [6.45, 7) is 4.33. The van der Waals surface area contributed by atoms with Gasteiger partial charge in [0, 0.05) is 5.54 Å². The highest BCUT2D eigenvalue weighted by atomic mass is 16.4. The molecule has 2 heterocycles. The van der Waals surface area contributed by atoms with E-state index in [0.717, 1.165) is 45.4 Å². The zero-order valence-electron chi connectivity index (χ0n) is 10.8. The number of hydrogen-bond donors (Lipinski definition) is 1. The zero-order chi connectivity index (χ0) is 12.3. The first-order valence-electron chi connectivity index (χ1n) is 6.78. The van der Waals surface area contributed by atoms with Gasteiger partial charge in [-0.25, -0.2) is 0 Å². The summed E-state index contributed by atoms with van der Waals surface area (Å²) >= 11 is 0. The molecule has 2 aliphatic rings. The van der Waals surface area contributed by atoms with Gasteiger partial charge in [0.05, 0.1) is 6.42 Å². The highest BCUT2D eigenvalue weighted by Gasteiger charge is 2.40. The Bertz CT molecular complexity index is 277. The molecule has 0 bridgehead atoms. The minimum atomic E-state index is -0.638. The van der Waals surface area contributed by atoms with Gasteiger partial charge >= 0.3 is 5.97 Å². The molecule has 1 unspecified atom stereocenters. The van der Waals surface area contributed by atoms with Gasteiger partial charge in [-0.3, -0.25) is 9.69 Å². The lowest BCUT2D eigenvalue weighted by molar-refractivity contribution is -0.140. The Labute approximate surface area is 104 Å². The molecule has 17 heavy (non-hydrogen) atoms. The molecular formula is C13H24N2O2. The SMILES string of the molecule is CN1CCCC(CC(=O)O)(N2CCCC2)CC1. The number of carboxylic acid groups (broad SMARTS) is 1. The van der Waals surface area contributed by atoms with Crippen LogP contribution >= 0.6 is 0 Å². The van der Waals surface area contributed by atoms with Gasteiger partial charge in [-0.1, -0.05) is 0 Å². The second kappa shape index (κ2) is 5.36. The zero-order valence-corrected chi connectivity index (χ0v) is 10.8. The molecule has 0 radical (unpaired) electrons. The quantitative estimate of drug-likeness (QED) is 0.810. The maximum atomic E-state index is 11.2. The molecule has 1 N–H and O–H groups in total. The summed E-state index contributed by atoms with van der Waals surface area (Å²) in [7, 11) is 2.14. The Balaban J connectivity index is 2.12. The van der Waals surface area contributed by atoms with E-state index in [1.807, 2.05) is 0 Å². The number of carboxylic acids is 1. The molecule has 2 fully saturated rings. The van der Waals surface area contributed by atoms with Gasteiger partial charge in [0.2, 0.25) is 0 Å². The smallest absolute Gasteiger partial charge is 0.305 e. The van der Waals surface area contributed by atoms with Crippen LogP contribution in [0, 0.1) is 0 Å². The van der Waals surface area contributed by atoms with Crippen molar-refractivity contribution in [1.82, 2.24) is 9.80 Å². The third-order valence-electron chi connectivity index (χ3n) is 4.40. The summed E-state index contributed by atoms with van der Waals surface area (Å²) in [5.74, 6) is -0.638. The molecule has 2 rings (SSSR count). The molecule has 4 heteroatoms. The van der Waals surface area contributed by atoms with Crippen molar-refractivity contribution in [2.24, 2.45) is 0 Å². The Kier molecular flexibility index (Phi) is 4.05. The topological polar surface area (TPSA) is 43.8 Å². The molecule has 0 aromatic heterocycles. The number of aliphatic carboxylic acids is 1. The predicted molar refractivity (Wildman–Crippen MR) is 67.1 cm³/mol. The summed E-state index contributed by atoms with van der Waals surface area (Å²) in [4.78, 5) is 16.0. The lowest BCUT2D eigenvalue weighted by Gasteiger charge is -2.40. The van der Waals surface area contributed by atoms with Crippen molar-refractivity contribution in [2.75, 3.05) is 33.2 Å². The van der Waals surface area contributed by atoms with Crippen LogP contribution in [0.3, 0.4) is 0 Å². The van der Waals surface area contributed by atoms with E-state index in [-0.39, 0.29) is 5.54 Å². The first kappa shape index (κ1) is 12.8. The van der Waals surface area contributed by atoms with Crippen LogP contribution in [0.5, 0.6) is 0 Å². The number of nitrogens with zero attached hydrogens (tertiary/aromatic N) is 2. The van der Waals surface area contributed by atoms with Crippen molar-refractivity contribution in [3.8, 4) is 0 Å². The molecule has 4 nitrogen and oxygen atoms in total. The van der Waals surface area contributed by atoms with Gasteiger partial charge in [-0.2, -0.15) is 0 Å². The molecule has 2 aliphatic heterocycles. The summed E-state index contributed by atoms with van der Waals surface area (Å²) in [6.07, 6.45) is 5.97. The number of carbonyl (C=O) groups is 1. The molecule has 1 atom stereocenters. The largest absolute Gasteiger partial charge is 0.481 e. The van der Waals surface area contributed by atoms with Gasteiger partial charge in [-0.15, -0.1) is 0 Å². The molecule has 0 saturated carbocycles. The van der Waals surface area contributed by atoms with Gasteiger partial charge < -0.3 is 10.0 Å². The van der Waals surface area contributed by atoms with Crippen LogP contribution in [-0.4, -0.2) is 59.6 Å². The second-order valence-corrected chi connectivity index (χ2v) is 5.65. The van der Waals surface area contributed by atoms with Crippen LogP contribution in [0.15, 0.2) is 0 Å². The van der Waals surface area contributed by atoms with Gasteiger partial charge in [0.25, 0.3) is 0 Å². The molecule has 98 valence electrons. The van der Waals surface area contributed by atoms with Crippen LogP contribution < -0.4 is 0 Å². The summed E-state index contributed by atoms with van der Waals surface area (Å²) in [6, 6.07) is 0. The van der Waals surface area contributed by atoms with Gasteiger partial charge in [0.15, 0.2) is 0 Å². The molecule has 0 aromatic rings. The molecule has 0 aliphatic carbocycles. The summed E-state index contributed by atoms with van der Waals surface area (Å²) < 4.78 is 0. The molecule has 0 aromatic carbocycles. The molecule has 0 amide bonds. The Morgan fingerprint density at radius 2 is 1.82 bits per heavy atom. The maximum Gasteiger partial charge on any atom is 0.305 e. The number of rotatable bonds is 3. The highest BCUT2D eigenvalue weighted by Crippen LogP contribution is 2.34. The maximum absolute atomic E-state index is 11.2. The van der Waals surface area contributed by atoms with Crippen molar-refractivity contribution < 1.29 is 9.90 Å². The van der Waals surface area contributed by atoms with Gasteiger partial charge in [0.1, 0.15) is 0 Å². The van der Waals surface area contributed by atoms with Crippen LogP contribution in [-0.2, 0) is 4.79 Å². The Morgan fingerprint density at radius 3 is 2.47 bits per heavy atom. The monoisotopic (exact) mass is 240 g/mol. The van der Waals surface area contributed by atoms with E-state index < -0.39 is 5.97 Å². The third kappa shape index (κ3) is 2.99. The van der Waals surface area contributed by atoms with Crippen LogP contribution in [0.25, 0.3) is 0 Å². The van der Waals surface area contributed by atoms with E-state index in [9.17, 15) is 9.90 Å².